The molecule has 0 saturated heterocycles. The highest BCUT2D eigenvalue weighted by molar-refractivity contribution is 6.07. The minimum Gasteiger partial charge on any atom is -0.459 e. The van der Waals surface area contributed by atoms with Crippen LogP contribution in [-0.4, -0.2) is 51.0 Å². The van der Waals surface area contributed by atoms with Gasteiger partial charge >= 0.3 is 5.97 Å². The van der Waals surface area contributed by atoms with Crippen LogP contribution in [0.25, 0.3) is 0 Å². The molecule has 0 aromatic rings. The van der Waals surface area contributed by atoms with E-state index in [4.69, 9.17) is 4.74 Å². The van der Waals surface area contributed by atoms with Gasteiger partial charge in [0.05, 0.1) is 11.7 Å². The summed E-state index contributed by atoms with van der Waals surface area (Å²) in [6, 6.07) is 0. The second-order valence-electron chi connectivity index (χ2n) is 12.8. The smallest absolute Gasteiger partial charge is 0.303 e. The Morgan fingerprint density at radius 2 is 1.89 bits per heavy atom. The molecule has 4 aliphatic rings. The Labute approximate surface area is 209 Å². The van der Waals surface area contributed by atoms with Gasteiger partial charge in [-0.1, -0.05) is 33.3 Å². The van der Waals surface area contributed by atoms with Crippen LogP contribution in [0.4, 0.5) is 0 Å². The van der Waals surface area contributed by atoms with E-state index in [-0.39, 0.29) is 29.0 Å². The lowest BCUT2D eigenvalue weighted by Gasteiger charge is -2.56. The third-order valence-electron chi connectivity index (χ3n) is 10.1. The van der Waals surface area contributed by atoms with Gasteiger partial charge in [0.2, 0.25) is 0 Å². The molecular formula is C29H44O6. The Morgan fingerprint density at radius 3 is 2.51 bits per heavy atom. The molecule has 2 saturated carbocycles. The molecule has 3 N–H and O–H groups in total. The van der Waals surface area contributed by atoms with Gasteiger partial charge in [-0.15, -0.1) is 0 Å². The van der Waals surface area contributed by atoms with Crippen molar-refractivity contribution in [2.45, 2.75) is 110 Å². The largest absolute Gasteiger partial charge is 0.459 e. The molecule has 35 heavy (non-hydrogen) atoms. The highest BCUT2D eigenvalue weighted by atomic mass is 16.6. The second-order valence-corrected chi connectivity index (χ2v) is 12.8. The van der Waals surface area contributed by atoms with E-state index in [1.165, 1.54) is 6.92 Å². The monoisotopic (exact) mass is 488 g/mol. The van der Waals surface area contributed by atoms with Crippen molar-refractivity contribution in [3.05, 3.63) is 23.3 Å². The fourth-order valence-corrected chi connectivity index (χ4v) is 8.22. The van der Waals surface area contributed by atoms with Crippen molar-refractivity contribution < 1.29 is 29.6 Å². The van der Waals surface area contributed by atoms with Gasteiger partial charge in [0.15, 0.2) is 5.78 Å². The molecule has 0 radical (unpaired) electrons. The number of rotatable bonds is 6. The van der Waals surface area contributed by atoms with E-state index in [1.54, 1.807) is 19.1 Å². The van der Waals surface area contributed by atoms with Gasteiger partial charge in [0.1, 0.15) is 12.2 Å². The fourth-order valence-electron chi connectivity index (χ4n) is 8.22. The van der Waals surface area contributed by atoms with Gasteiger partial charge in [-0.05, 0) is 93.1 Å². The highest BCUT2D eigenvalue weighted by Gasteiger charge is 2.62. The van der Waals surface area contributed by atoms with E-state index in [1.807, 2.05) is 0 Å². The van der Waals surface area contributed by atoms with E-state index >= 15 is 0 Å². The average Bonchev–Trinajstić information content (AvgIpc) is 3.11. The number of aliphatic hydroxyl groups excluding tert-OH is 2. The Kier molecular flexibility index (Phi) is 6.91. The van der Waals surface area contributed by atoms with Gasteiger partial charge < -0.3 is 20.1 Å². The van der Waals surface area contributed by atoms with Crippen molar-refractivity contribution in [1.82, 2.24) is 0 Å². The molecule has 6 heteroatoms. The molecule has 0 heterocycles. The van der Waals surface area contributed by atoms with E-state index in [9.17, 15) is 24.9 Å². The maximum Gasteiger partial charge on any atom is 0.303 e. The summed E-state index contributed by atoms with van der Waals surface area (Å²) in [6.45, 7) is 11.7. The molecule has 0 spiro atoms. The van der Waals surface area contributed by atoms with Crippen molar-refractivity contribution in [3.63, 3.8) is 0 Å². The predicted molar refractivity (Wildman–Crippen MR) is 133 cm³/mol. The summed E-state index contributed by atoms with van der Waals surface area (Å²) >= 11 is 0. The van der Waals surface area contributed by atoms with E-state index in [0.717, 1.165) is 37.7 Å². The van der Waals surface area contributed by atoms with E-state index < -0.39 is 35.3 Å². The Hall–Kier alpha value is -1.50. The van der Waals surface area contributed by atoms with Gasteiger partial charge in [0.25, 0.3) is 0 Å². The van der Waals surface area contributed by atoms with Crippen molar-refractivity contribution in [1.29, 1.82) is 0 Å². The number of hydrogen-bond donors (Lipinski definition) is 3. The molecule has 0 unspecified atom stereocenters. The minimum absolute atomic E-state index is 0.0502. The van der Waals surface area contributed by atoms with Crippen LogP contribution in [0, 0.1) is 34.5 Å². The first-order chi connectivity index (χ1) is 16.2. The van der Waals surface area contributed by atoms with Crippen LogP contribution in [0.1, 0.15) is 86.5 Å². The lowest BCUT2D eigenvalue weighted by Crippen LogP contribution is -2.55. The van der Waals surface area contributed by atoms with Crippen LogP contribution in [0.5, 0.6) is 0 Å². The number of esters is 1. The molecule has 4 aliphatic carbocycles. The topological polar surface area (TPSA) is 104 Å². The first-order valence-electron chi connectivity index (χ1n) is 13.5. The van der Waals surface area contributed by atoms with E-state index in [2.05, 4.69) is 27.7 Å². The Morgan fingerprint density at radius 1 is 1.20 bits per heavy atom. The van der Waals surface area contributed by atoms with Gasteiger partial charge in [-0.25, -0.2) is 0 Å². The SMILES string of the molecule is CC(=O)O[C@H]1C[C@@]2(C)C(=C[C@@H]1O)C(=O)C=C1[C@@H]3CC[C@H]([C@@](C)(O)[C@H](O)CCC(C)C)[C@@]3(C)CC[C@@H]12. The number of allylic oxidation sites excluding steroid dienone is 3. The maximum absolute atomic E-state index is 13.3. The van der Waals surface area contributed by atoms with Gasteiger partial charge in [-0.3, -0.25) is 9.59 Å². The number of ketones is 1. The van der Waals surface area contributed by atoms with Crippen LogP contribution >= 0.6 is 0 Å². The molecule has 9 atom stereocenters. The zero-order valence-corrected chi connectivity index (χ0v) is 22.2. The lowest BCUT2D eigenvalue weighted by molar-refractivity contribution is -0.154. The van der Waals surface area contributed by atoms with Crippen LogP contribution in [0.15, 0.2) is 23.3 Å². The standard InChI is InChI=1S/C29H44O6/c1-16(2)7-10-26(33)29(6,34)25-9-8-19-18-13-22(31)21-14-23(32)24(35-17(3)30)15-28(21,5)20(18)11-12-27(19,25)4/h13-14,16,19-20,23-26,32-34H,7-12,15H2,1-6H3/t19-,20-,23-,24-,25-,26+,27-,28+,29+/m0/s1. The minimum atomic E-state index is -1.19. The number of hydrogen-bond acceptors (Lipinski definition) is 6. The first kappa shape index (κ1) is 26.6. The molecule has 4 rings (SSSR count). The molecule has 0 aromatic heterocycles. The maximum atomic E-state index is 13.3. The molecule has 0 aromatic carbocycles. The van der Waals surface area contributed by atoms with Gasteiger partial charge in [0, 0.05) is 17.9 Å². The highest BCUT2D eigenvalue weighted by Crippen LogP contribution is 2.66. The number of aliphatic hydroxyl groups is 3. The summed E-state index contributed by atoms with van der Waals surface area (Å²) in [4.78, 5) is 25.0. The van der Waals surface area contributed by atoms with Crippen molar-refractivity contribution >= 4 is 11.8 Å². The number of fused-ring (bicyclic) bond motifs is 5. The molecular weight excluding hydrogens is 444 g/mol. The summed E-state index contributed by atoms with van der Waals surface area (Å²) in [5.74, 6) is 0.219. The first-order valence-corrected chi connectivity index (χ1v) is 13.5. The third-order valence-corrected chi connectivity index (χ3v) is 10.1. The summed E-state index contributed by atoms with van der Waals surface area (Å²) in [6.07, 6.45) is 6.32. The molecule has 0 bridgehead atoms. The van der Waals surface area contributed by atoms with Crippen molar-refractivity contribution in [2.75, 3.05) is 0 Å². The summed E-state index contributed by atoms with van der Waals surface area (Å²) in [5.41, 5.74) is -0.104. The van der Waals surface area contributed by atoms with Crippen molar-refractivity contribution in [2.24, 2.45) is 34.5 Å². The van der Waals surface area contributed by atoms with Crippen LogP contribution in [0.2, 0.25) is 0 Å². The van der Waals surface area contributed by atoms with Crippen LogP contribution in [0.3, 0.4) is 0 Å². The molecule has 196 valence electrons. The number of carbonyl (C=O) groups is 2. The molecule has 0 amide bonds. The zero-order valence-electron chi connectivity index (χ0n) is 22.2. The Bertz CT molecular complexity index is 931. The summed E-state index contributed by atoms with van der Waals surface area (Å²) < 4.78 is 5.44. The quantitative estimate of drug-likeness (QED) is 0.486. The number of carbonyl (C=O) groups excluding carboxylic acids is 2. The molecule has 0 aliphatic heterocycles. The Balaban J connectivity index is 1.64. The zero-order chi connectivity index (χ0) is 25.9. The average molecular weight is 489 g/mol. The van der Waals surface area contributed by atoms with Crippen molar-refractivity contribution in [3.8, 4) is 0 Å². The summed E-state index contributed by atoms with van der Waals surface area (Å²) in [7, 11) is 0. The predicted octanol–water partition coefficient (Wildman–Crippen LogP) is 4.12. The lowest BCUT2D eigenvalue weighted by atomic mass is 9.49. The number of ether oxygens (including phenoxy) is 1. The van der Waals surface area contributed by atoms with E-state index in [0.29, 0.717) is 24.3 Å². The van der Waals surface area contributed by atoms with Crippen LogP contribution in [-0.2, 0) is 14.3 Å². The molecule has 2 fully saturated rings. The second kappa shape index (κ2) is 9.11. The normalized spacial score (nSPS) is 41.2. The third kappa shape index (κ3) is 4.34. The van der Waals surface area contributed by atoms with Gasteiger partial charge in [-0.2, -0.15) is 0 Å². The fraction of sp³-hybridized carbons (Fsp3) is 0.793. The van der Waals surface area contributed by atoms with Crippen LogP contribution < -0.4 is 0 Å². The molecule has 6 nitrogen and oxygen atoms in total. The summed E-state index contributed by atoms with van der Waals surface area (Å²) in [5, 5.41) is 33.2.